The number of hydrogen-bond acceptors (Lipinski definition) is 1. The van der Waals surface area contributed by atoms with Crippen molar-refractivity contribution < 1.29 is 18.4 Å². The maximum Gasteiger partial charge on any atom is 0.0564 e. The van der Waals surface area contributed by atoms with Crippen LogP contribution in [0.5, 0.6) is 0 Å². The van der Waals surface area contributed by atoms with Gasteiger partial charge >= 0.3 is 0 Å². The molecule has 0 aromatic carbocycles. The van der Waals surface area contributed by atoms with Gasteiger partial charge < -0.3 is 4.74 Å². The summed E-state index contributed by atoms with van der Waals surface area (Å²) in [6.07, 6.45) is 0. The highest BCUT2D eigenvalue weighted by molar-refractivity contribution is 4.07. The Labute approximate surface area is 47.0 Å². The lowest BCUT2D eigenvalue weighted by Gasteiger charge is -1.86. The van der Waals surface area contributed by atoms with Crippen molar-refractivity contribution in [3.05, 3.63) is 0 Å². The fourth-order valence-electron chi connectivity index (χ4n) is 0.0255. The van der Waals surface area contributed by atoms with Crippen molar-refractivity contribution in [3.63, 3.8) is 0 Å². The van der Waals surface area contributed by atoms with Crippen molar-refractivity contribution in [2.24, 2.45) is 0 Å². The largest absolute Gasteiger partial charge is 0.382 e. The van der Waals surface area contributed by atoms with Crippen LogP contribution in [0, 0.1) is 0 Å². The van der Waals surface area contributed by atoms with E-state index in [0.29, 0.717) is 0 Å². The van der Waals surface area contributed by atoms with Gasteiger partial charge in [-0.3, -0.25) is 0 Å². The number of rotatable bonds is 2. The molecule has 0 amide bonds. The van der Waals surface area contributed by atoms with E-state index in [1.807, 2.05) is 0 Å². The van der Waals surface area contributed by atoms with E-state index >= 15 is 0 Å². The van der Waals surface area contributed by atoms with E-state index in [9.17, 15) is 0 Å². The van der Waals surface area contributed by atoms with Crippen LogP contribution in [0.25, 0.3) is 0 Å². The Morgan fingerprint density at radius 3 is 2.80 bits per heavy atom. The smallest absolute Gasteiger partial charge is 0.0564 e. The minimum absolute atomic E-state index is 3.26. The molecule has 0 fully saturated rings. The molecule has 0 unspecified atom stereocenters. The monoisotopic (exact) mass is 84.1 g/mol. The third-order valence-corrected chi connectivity index (χ3v) is 0.102. The zero-order chi connectivity index (χ0) is 12.7. The topological polar surface area (TPSA) is 9.23 Å². The van der Waals surface area contributed by atoms with Gasteiger partial charge in [0.1, 0.15) is 0 Å². The van der Waals surface area contributed by atoms with Crippen molar-refractivity contribution in [2.75, 3.05) is 13.1 Å². The summed E-state index contributed by atoms with van der Waals surface area (Å²) in [5, 5.41) is 0. The minimum atomic E-state index is -3.36. The molecule has 0 rings (SSSR count). The second-order valence-electron chi connectivity index (χ2n) is 0.306. The van der Waals surface area contributed by atoms with Crippen LogP contribution in [0.4, 0.5) is 0 Å². The van der Waals surface area contributed by atoms with Gasteiger partial charge in [0.2, 0.25) is 0 Å². The van der Waals surface area contributed by atoms with Crippen molar-refractivity contribution in [1.29, 1.82) is 0 Å². The third-order valence-electron chi connectivity index (χ3n) is 0.102. The highest BCUT2D eigenvalue weighted by Gasteiger charge is 1.64. The van der Waals surface area contributed by atoms with E-state index < -0.39 is 26.8 Å². The second kappa shape index (κ2) is 3.96. The first-order valence-corrected chi connectivity index (χ1v) is 0.908. The van der Waals surface area contributed by atoms with Gasteiger partial charge in [-0.25, -0.2) is 0 Å². The predicted octanol–water partition coefficient (Wildman–Crippen LogP) is 1.04. The Morgan fingerprint density at radius 1 is 1.80 bits per heavy atom. The van der Waals surface area contributed by atoms with Gasteiger partial charge in [0.05, 0.1) is 5.48 Å². The fourth-order valence-corrected chi connectivity index (χ4v) is 0.0255. The van der Waals surface area contributed by atoms with Crippen LogP contribution in [0.3, 0.4) is 0 Å². The van der Waals surface area contributed by atoms with Crippen LogP contribution in [-0.4, -0.2) is 13.1 Å². The van der Waals surface area contributed by atoms with E-state index in [0.717, 1.165) is 0 Å². The fraction of sp³-hybridized carbons (Fsp3) is 1.00. The van der Waals surface area contributed by atoms with E-state index in [-0.39, 0.29) is 0 Å². The Morgan fingerprint density at radius 2 is 2.40 bits per heavy atom. The third kappa shape index (κ3) is 3.96. The lowest BCUT2D eigenvalue weighted by Crippen LogP contribution is -1.84. The van der Waals surface area contributed by atoms with Crippen LogP contribution < -0.4 is 0 Å². The molecule has 0 aromatic heterocycles. The van der Waals surface area contributed by atoms with Crippen molar-refractivity contribution in [2.45, 2.75) is 13.7 Å². The summed E-state index contributed by atoms with van der Waals surface area (Å²) < 4.78 is 71.7. The van der Waals surface area contributed by atoms with Crippen molar-refractivity contribution in [3.8, 4) is 0 Å². The van der Waals surface area contributed by atoms with Crippen LogP contribution in [0.2, 0.25) is 0 Å². The van der Waals surface area contributed by atoms with Crippen LogP contribution in [0.1, 0.15) is 27.4 Å². The molecule has 0 N–H and O–H groups in total. The summed E-state index contributed by atoms with van der Waals surface area (Å²) in [6.45, 7) is -13.2. The molecule has 1 nitrogen and oxygen atoms in total. The molecule has 0 bridgehead atoms. The van der Waals surface area contributed by atoms with Gasteiger partial charge in [0.15, 0.2) is 0 Å². The van der Waals surface area contributed by atoms with Crippen LogP contribution >= 0.6 is 0 Å². The SMILES string of the molecule is [2H]C([2H])([2H])C([2H])([2H])OC([2H])([2H])C([2H])([2H])[2H]. The Bertz CT molecular complexity index is 199. The normalized spacial score (nSPS) is 48.8. The van der Waals surface area contributed by atoms with Gasteiger partial charge in [0.25, 0.3) is 0 Å². The molecule has 0 saturated heterocycles. The molecule has 0 aromatic rings. The van der Waals surface area contributed by atoms with Gasteiger partial charge in [0, 0.05) is 21.3 Å². The first-order chi connectivity index (χ1) is 6.21. The molecule has 0 atom stereocenters. The molecule has 0 aliphatic rings. The van der Waals surface area contributed by atoms with E-state index in [4.69, 9.17) is 13.7 Å². The highest BCUT2D eigenvalue weighted by atomic mass is 16.5. The van der Waals surface area contributed by atoms with E-state index in [1.54, 1.807) is 0 Å². The summed E-state index contributed by atoms with van der Waals surface area (Å²) in [5.74, 6) is 0. The molecule has 0 heterocycles. The number of ether oxygens (including phenoxy) is 1. The van der Waals surface area contributed by atoms with Gasteiger partial charge in [-0.05, 0) is 13.7 Å². The summed E-state index contributed by atoms with van der Waals surface area (Å²) in [5.41, 5.74) is 0. The zero-order valence-electron chi connectivity index (χ0n) is 12.4. The Hall–Kier alpha value is -0.0400. The zero-order valence-corrected chi connectivity index (χ0v) is 2.41. The predicted molar refractivity (Wildman–Crippen MR) is 22.2 cm³/mol. The van der Waals surface area contributed by atoms with Crippen molar-refractivity contribution in [1.82, 2.24) is 0 Å². The lowest BCUT2D eigenvalue weighted by molar-refractivity contribution is 0.162. The molecule has 0 radical (unpaired) electrons. The molecular weight excluding hydrogens is 64.0 g/mol. The van der Waals surface area contributed by atoms with Crippen molar-refractivity contribution >= 4 is 0 Å². The van der Waals surface area contributed by atoms with E-state index in [2.05, 4.69) is 4.74 Å². The molecule has 32 valence electrons. The lowest BCUT2D eigenvalue weighted by atomic mass is 10.8. The molecule has 0 saturated carbocycles. The quantitative estimate of drug-likeness (QED) is 0.486. The average molecular weight is 84.2 g/mol. The maximum absolute atomic E-state index is 6.91. The Balaban J connectivity index is 4.89. The average Bonchev–Trinajstić information content (AvgIpc) is 1.77. The van der Waals surface area contributed by atoms with Gasteiger partial charge in [-0.1, -0.05) is 0 Å². The molecule has 0 spiro atoms. The summed E-state index contributed by atoms with van der Waals surface area (Å²) in [6, 6.07) is 0. The summed E-state index contributed by atoms with van der Waals surface area (Å²) in [7, 11) is 0. The second-order valence-corrected chi connectivity index (χ2v) is 0.306. The molecule has 1 heteroatoms. The maximum atomic E-state index is 6.91. The summed E-state index contributed by atoms with van der Waals surface area (Å²) in [4.78, 5) is 0. The van der Waals surface area contributed by atoms with E-state index in [1.165, 1.54) is 0 Å². The first-order valence-electron chi connectivity index (χ1n) is 5.91. The molecule has 0 aliphatic carbocycles. The van der Waals surface area contributed by atoms with Gasteiger partial charge in [-0.2, -0.15) is 0 Å². The van der Waals surface area contributed by atoms with Gasteiger partial charge in [-0.15, -0.1) is 0 Å². The number of hydrogen-bond donors (Lipinski definition) is 0. The molecular formula is C4H10O. The molecule has 5 heavy (non-hydrogen) atoms. The first kappa shape index (κ1) is 0.399. The van der Waals surface area contributed by atoms with Crippen LogP contribution in [-0.2, 0) is 4.74 Å². The summed E-state index contributed by atoms with van der Waals surface area (Å²) >= 11 is 0. The highest BCUT2D eigenvalue weighted by Crippen LogP contribution is 1.64. The Kier molecular flexibility index (Phi) is 0.316. The minimum Gasteiger partial charge on any atom is -0.382 e. The standard InChI is InChI=1S/C4H10O/c1-3-5-4-2/h3-4H2,1-2H3/i1D3,2D3,3D2,4D2. The molecule has 0 aliphatic heterocycles. The van der Waals surface area contributed by atoms with Crippen LogP contribution in [0.15, 0.2) is 0 Å².